The third-order valence-corrected chi connectivity index (χ3v) is 5.90. The molecule has 0 aliphatic carbocycles. The minimum Gasteiger partial charge on any atom is -0.352 e. The molecule has 7 nitrogen and oxygen atoms in total. The van der Waals surface area contributed by atoms with E-state index in [4.69, 9.17) is 0 Å². The van der Waals surface area contributed by atoms with E-state index in [1.807, 2.05) is 7.05 Å². The van der Waals surface area contributed by atoms with Gasteiger partial charge in [-0.25, -0.2) is 22.5 Å². The average molecular weight is 416 g/mol. The molecular weight excluding hydrogens is 395 g/mol. The van der Waals surface area contributed by atoms with Crippen LogP contribution in [0.4, 0.5) is 4.39 Å². The quantitative estimate of drug-likeness (QED) is 0.576. The first-order valence-corrected chi connectivity index (χ1v) is 10.4. The molecule has 0 aliphatic rings. The molecule has 1 amide bonds. The average Bonchev–Trinajstić information content (AvgIpc) is 3.02. The van der Waals surface area contributed by atoms with Crippen LogP contribution in [-0.2, 0) is 28.3 Å². The van der Waals surface area contributed by atoms with Gasteiger partial charge in [-0.05, 0) is 49.0 Å². The van der Waals surface area contributed by atoms with E-state index in [0.717, 1.165) is 5.82 Å². The van der Waals surface area contributed by atoms with Crippen molar-refractivity contribution >= 4 is 33.0 Å². The van der Waals surface area contributed by atoms with Gasteiger partial charge in [0.1, 0.15) is 11.6 Å². The van der Waals surface area contributed by atoms with Gasteiger partial charge in [0.05, 0.1) is 15.9 Å². The topological polar surface area (TPSA) is 93.1 Å². The second-order valence-corrected chi connectivity index (χ2v) is 8.26. The number of fused-ring (bicyclic) bond motifs is 1. The first-order chi connectivity index (χ1) is 13.8. The molecule has 0 saturated heterocycles. The van der Waals surface area contributed by atoms with Crippen molar-refractivity contribution in [3.8, 4) is 0 Å². The maximum atomic E-state index is 13.4. The fourth-order valence-corrected chi connectivity index (χ4v) is 3.57. The van der Waals surface area contributed by atoms with Crippen molar-refractivity contribution in [3.63, 3.8) is 0 Å². The fourth-order valence-electron chi connectivity index (χ4n) is 2.84. The lowest BCUT2D eigenvalue weighted by Gasteiger charge is -2.04. The van der Waals surface area contributed by atoms with Crippen molar-refractivity contribution < 1.29 is 17.6 Å². The number of amides is 1. The van der Waals surface area contributed by atoms with Gasteiger partial charge in [0.25, 0.3) is 0 Å². The number of rotatable bonds is 7. The Hall–Kier alpha value is -3.04. The number of hydrogen-bond donors (Lipinski definition) is 2. The van der Waals surface area contributed by atoms with E-state index in [0.29, 0.717) is 29.6 Å². The van der Waals surface area contributed by atoms with Crippen LogP contribution in [-0.4, -0.2) is 37.5 Å². The van der Waals surface area contributed by atoms with Gasteiger partial charge < -0.3 is 9.88 Å². The highest BCUT2D eigenvalue weighted by Gasteiger charge is 2.10. The van der Waals surface area contributed by atoms with Crippen molar-refractivity contribution in [3.05, 3.63) is 65.7 Å². The van der Waals surface area contributed by atoms with Crippen LogP contribution in [0.15, 0.2) is 53.4 Å². The third kappa shape index (κ3) is 4.87. The summed E-state index contributed by atoms with van der Waals surface area (Å²) in [6, 6.07) is 10.6. The van der Waals surface area contributed by atoms with Crippen LogP contribution in [0.25, 0.3) is 17.1 Å². The molecule has 3 aromatic rings. The van der Waals surface area contributed by atoms with Gasteiger partial charge in [-0.15, -0.1) is 0 Å². The summed E-state index contributed by atoms with van der Waals surface area (Å²) in [5.74, 6) is 0.153. The van der Waals surface area contributed by atoms with Gasteiger partial charge in [-0.2, -0.15) is 0 Å². The van der Waals surface area contributed by atoms with E-state index in [1.54, 1.807) is 28.8 Å². The van der Waals surface area contributed by atoms with Gasteiger partial charge >= 0.3 is 0 Å². The lowest BCUT2D eigenvalue weighted by molar-refractivity contribution is -0.116. The van der Waals surface area contributed by atoms with E-state index in [9.17, 15) is 17.6 Å². The number of benzene rings is 2. The number of sulfonamides is 1. The zero-order valence-corrected chi connectivity index (χ0v) is 16.8. The molecule has 0 saturated carbocycles. The molecule has 0 spiro atoms. The van der Waals surface area contributed by atoms with Crippen LogP contribution in [0.1, 0.15) is 11.4 Å². The Balaban J connectivity index is 1.56. The second-order valence-electron chi connectivity index (χ2n) is 6.37. The smallest absolute Gasteiger partial charge is 0.244 e. The Morgan fingerprint density at radius 1 is 1.21 bits per heavy atom. The van der Waals surface area contributed by atoms with Crippen LogP contribution in [0, 0.1) is 5.82 Å². The highest BCUT2D eigenvalue weighted by Crippen LogP contribution is 2.16. The number of hydrogen-bond acceptors (Lipinski definition) is 4. The highest BCUT2D eigenvalue weighted by atomic mass is 32.2. The SMILES string of the molecule is CNS(=O)(=O)c1ccc(/C=C/C(=O)NCCc2nc3ccc(F)cc3n2C)cc1. The number of aromatic nitrogens is 2. The summed E-state index contributed by atoms with van der Waals surface area (Å²) in [6.45, 7) is 0.377. The van der Waals surface area contributed by atoms with E-state index in [-0.39, 0.29) is 16.6 Å². The molecule has 9 heteroatoms. The molecule has 0 bridgehead atoms. The molecule has 1 heterocycles. The summed E-state index contributed by atoms with van der Waals surface area (Å²) in [6.07, 6.45) is 3.48. The van der Waals surface area contributed by atoms with Crippen LogP contribution >= 0.6 is 0 Å². The Kier molecular flexibility index (Phi) is 6.09. The van der Waals surface area contributed by atoms with Crippen molar-refractivity contribution in [2.45, 2.75) is 11.3 Å². The normalized spacial score (nSPS) is 12.0. The van der Waals surface area contributed by atoms with Crippen LogP contribution in [0.3, 0.4) is 0 Å². The van der Waals surface area contributed by atoms with E-state index >= 15 is 0 Å². The molecule has 29 heavy (non-hydrogen) atoms. The van der Waals surface area contributed by atoms with Gasteiger partial charge in [0, 0.05) is 26.1 Å². The molecular formula is C20H21FN4O3S. The molecule has 0 unspecified atom stereocenters. The first kappa shape index (κ1) is 20.7. The molecule has 1 aromatic heterocycles. The monoisotopic (exact) mass is 416 g/mol. The van der Waals surface area contributed by atoms with Crippen molar-refractivity contribution in [1.82, 2.24) is 19.6 Å². The fraction of sp³-hybridized carbons (Fsp3) is 0.200. The number of halogens is 1. The van der Waals surface area contributed by atoms with Gasteiger partial charge in [-0.1, -0.05) is 12.1 Å². The zero-order valence-electron chi connectivity index (χ0n) is 16.0. The minimum absolute atomic E-state index is 0.156. The van der Waals surface area contributed by atoms with Gasteiger partial charge in [0.2, 0.25) is 15.9 Å². The Bertz CT molecular complexity index is 1170. The minimum atomic E-state index is -3.48. The molecule has 2 N–H and O–H groups in total. The maximum Gasteiger partial charge on any atom is 0.244 e. The number of carbonyl (C=O) groups excluding carboxylic acids is 1. The number of aryl methyl sites for hydroxylation is 1. The molecule has 152 valence electrons. The summed E-state index contributed by atoms with van der Waals surface area (Å²) in [4.78, 5) is 16.6. The van der Waals surface area contributed by atoms with Crippen LogP contribution < -0.4 is 10.0 Å². The largest absolute Gasteiger partial charge is 0.352 e. The Labute approximate surface area is 168 Å². The zero-order chi connectivity index (χ0) is 21.0. The summed E-state index contributed by atoms with van der Waals surface area (Å²) >= 11 is 0. The lowest BCUT2D eigenvalue weighted by Crippen LogP contribution is -2.24. The van der Waals surface area contributed by atoms with Crippen molar-refractivity contribution in [1.29, 1.82) is 0 Å². The van der Waals surface area contributed by atoms with Crippen molar-refractivity contribution in [2.75, 3.05) is 13.6 Å². The summed E-state index contributed by atoms with van der Waals surface area (Å²) in [7, 11) is -0.327. The Morgan fingerprint density at radius 2 is 1.93 bits per heavy atom. The number of nitrogens with one attached hydrogen (secondary N) is 2. The van der Waals surface area contributed by atoms with Gasteiger partial charge in [0.15, 0.2) is 0 Å². The molecule has 0 fully saturated rings. The number of imidazole rings is 1. The summed E-state index contributed by atoms with van der Waals surface area (Å²) in [5, 5.41) is 2.77. The number of carbonyl (C=O) groups is 1. The molecule has 0 atom stereocenters. The standard InChI is InChI=1S/C20H21FN4O3S/c1-22-29(27,28)16-7-3-14(4-8-16)5-10-20(26)23-12-11-19-24-17-9-6-15(21)13-18(17)25(19)2/h3-10,13,22H,11-12H2,1-2H3,(H,23,26)/b10-5+. The maximum absolute atomic E-state index is 13.4. The first-order valence-electron chi connectivity index (χ1n) is 8.90. The molecule has 0 radical (unpaired) electrons. The summed E-state index contributed by atoms with van der Waals surface area (Å²) < 4.78 is 40.8. The molecule has 3 rings (SSSR count). The van der Waals surface area contributed by atoms with E-state index < -0.39 is 10.0 Å². The van der Waals surface area contributed by atoms with E-state index in [2.05, 4.69) is 15.0 Å². The molecule has 2 aromatic carbocycles. The van der Waals surface area contributed by atoms with Crippen LogP contribution in [0.2, 0.25) is 0 Å². The lowest BCUT2D eigenvalue weighted by atomic mass is 10.2. The predicted octanol–water partition coefficient (Wildman–Crippen LogP) is 1.99. The third-order valence-electron chi connectivity index (χ3n) is 4.47. The summed E-state index contributed by atoms with van der Waals surface area (Å²) in [5.41, 5.74) is 2.11. The predicted molar refractivity (Wildman–Crippen MR) is 109 cm³/mol. The van der Waals surface area contributed by atoms with Crippen LogP contribution in [0.5, 0.6) is 0 Å². The highest BCUT2D eigenvalue weighted by molar-refractivity contribution is 7.89. The van der Waals surface area contributed by atoms with Gasteiger partial charge in [-0.3, -0.25) is 4.79 Å². The molecule has 0 aliphatic heterocycles. The Morgan fingerprint density at radius 3 is 2.62 bits per heavy atom. The number of nitrogens with zero attached hydrogens (tertiary/aromatic N) is 2. The van der Waals surface area contributed by atoms with E-state index in [1.165, 1.54) is 37.4 Å². The van der Waals surface area contributed by atoms with Crippen molar-refractivity contribution in [2.24, 2.45) is 7.05 Å². The second kappa shape index (κ2) is 8.54.